The van der Waals surface area contributed by atoms with Crippen LogP contribution >= 0.6 is 0 Å². The average molecular weight is 383 g/mol. The molecular weight excluding hydrogens is 354 g/mol. The van der Waals surface area contributed by atoms with Crippen LogP contribution in [0.15, 0.2) is 35.5 Å². The van der Waals surface area contributed by atoms with E-state index in [1.165, 1.54) is 31.5 Å². The van der Waals surface area contributed by atoms with E-state index < -0.39 is 0 Å². The third-order valence-corrected chi connectivity index (χ3v) is 4.91. The van der Waals surface area contributed by atoms with Crippen molar-refractivity contribution in [3.8, 4) is 5.88 Å². The highest BCUT2D eigenvalue weighted by Gasteiger charge is 2.14. The van der Waals surface area contributed by atoms with Gasteiger partial charge in [0.15, 0.2) is 11.5 Å². The number of nitrogens with zero attached hydrogens (tertiary/aromatic N) is 3. The number of nitrogen functional groups attached to an aromatic ring is 1. The minimum Gasteiger partial charge on any atom is -0.478 e. The number of hydrogen-bond acceptors (Lipinski definition) is 7. The standard InChI is InChI=1S/C21H29N5O2/c1-2-3-11-28-19-13-18(20(25-27)21(22)24-19)23-14-16-7-6-8-17(12-16)15-26-9-4-5-10-26/h6-8,12-13H,2-5,9-11,14-15H2,1H3,(H3,22,23,24). The third-order valence-electron chi connectivity index (χ3n) is 4.91. The fraction of sp³-hybridized carbons (Fsp3) is 0.476. The van der Waals surface area contributed by atoms with Gasteiger partial charge in [-0.15, -0.1) is 4.91 Å². The Labute approximate surface area is 166 Å². The summed E-state index contributed by atoms with van der Waals surface area (Å²) >= 11 is 0. The van der Waals surface area contributed by atoms with Crippen molar-refractivity contribution in [2.45, 2.75) is 45.7 Å². The topological polar surface area (TPSA) is 92.8 Å². The van der Waals surface area contributed by atoms with E-state index >= 15 is 0 Å². The van der Waals surface area contributed by atoms with Crippen LogP contribution in [0.1, 0.15) is 43.7 Å². The van der Waals surface area contributed by atoms with Gasteiger partial charge in [-0.2, -0.15) is 4.98 Å². The van der Waals surface area contributed by atoms with Crippen LogP contribution in [0.25, 0.3) is 0 Å². The Hall–Kier alpha value is -2.67. The minimum absolute atomic E-state index is 0.0780. The summed E-state index contributed by atoms with van der Waals surface area (Å²) in [6, 6.07) is 10.2. The van der Waals surface area contributed by atoms with Crippen molar-refractivity contribution in [2.75, 3.05) is 30.7 Å². The number of benzene rings is 1. The van der Waals surface area contributed by atoms with E-state index in [-0.39, 0.29) is 11.5 Å². The first-order chi connectivity index (χ1) is 13.7. The molecule has 3 N–H and O–H groups in total. The van der Waals surface area contributed by atoms with Crippen molar-refractivity contribution < 1.29 is 4.74 Å². The maximum Gasteiger partial charge on any atom is 0.217 e. The summed E-state index contributed by atoms with van der Waals surface area (Å²) in [5.41, 5.74) is 8.99. The second kappa shape index (κ2) is 10.0. The van der Waals surface area contributed by atoms with Crippen LogP contribution in [0.4, 0.5) is 17.2 Å². The molecule has 1 fully saturated rings. The van der Waals surface area contributed by atoms with Gasteiger partial charge in [0.1, 0.15) is 0 Å². The minimum atomic E-state index is 0.0780. The molecule has 0 spiro atoms. The number of nitrogens with two attached hydrogens (primary N) is 1. The smallest absolute Gasteiger partial charge is 0.217 e. The fourth-order valence-electron chi connectivity index (χ4n) is 3.39. The van der Waals surface area contributed by atoms with Crippen LogP contribution in [0.2, 0.25) is 0 Å². The van der Waals surface area contributed by atoms with E-state index in [9.17, 15) is 4.91 Å². The van der Waals surface area contributed by atoms with Gasteiger partial charge < -0.3 is 15.8 Å². The Morgan fingerprint density at radius 1 is 1.25 bits per heavy atom. The van der Waals surface area contributed by atoms with Crippen LogP contribution in [0.5, 0.6) is 5.88 Å². The van der Waals surface area contributed by atoms with Crippen LogP contribution in [-0.4, -0.2) is 29.6 Å². The number of unbranched alkanes of at least 4 members (excludes halogenated alkanes) is 1. The number of likely N-dealkylation sites (tertiary alicyclic amines) is 1. The maximum absolute atomic E-state index is 11.2. The van der Waals surface area contributed by atoms with Gasteiger partial charge in [0.25, 0.3) is 0 Å². The summed E-state index contributed by atoms with van der Waals surface area (Å²) in [6.07, 6.45) is 4.54. The zero-order valence-electron chi connectivity index (χ0n) is 16.5. The molecule has 0 unspecified atom stereocenters. The normalized spacial score (nSPS) is 14.2. The zero-order valence-corrected chi connectivity index (χ0v) is 16.5. The van der Waals surface area contributed by atoms with E-state index in [2.05, 4.69) is 51.6 Å². The molecule has 150 valence electrons. The van der Waals surface area contributed by atoms with Gasteiger partial charge in [-0.25, -0.2) is 0 Å². The van der Waals surface area contributed by atoms with Crippen molar-refractivity contribution in [2.24, 2.45) is 5.18 Å². The van der Waals surface area contributed by atoms with E-state index in [0.717, 1.165) is 24.9 Å². The molecule has 0 atom stereocenters. The Balaban J connectivity index is 1.68. The number of aromatic nitrogens is 1. The molecule has 0 aliphatic carbocycles. The Morgan fingerprint density at radius 2 is 2.04 bits per heavy atom. The molecule has 1 aromatic heterocycles. The summed E-state index contributed by atoms with van der Waals surface area (Å²) in [5, 5.41) is 6.31. The van der Waals surface area contributed by atoms with E-state index in [4.69, 9.17) is 10.5 Å². The molecule has 1 aliphatic rings. The Kier molecular flexibility index (Phi) is 7.19. The molecule has 2 heterocycles. The van der Waals surface area contributed by atoms with Gasteiger partial charge >= 0.3 is 0 Å². The average Bonchev–Trinajstić information content (AvgIpc) is 3.20. The largest absolute Gasteiger partial charge is 0.478 e. The number of hydrogen-bond donors (Lipinski definition) is 2. The number of ether oxygens (including phenoxy) is 1. The number of pyridine rings is 1. The molecule has 2 aromatic rings. The SMILES string of the molecule is CCCCOc1cc(NCc2cccc(CN3CCCC3)c2)c(N=O)c(N)n1. The summed E-state index contributed by atoms with van der Waals surface area (Å²) in [4.78, 5) is 17.8. The highest BCUT2D eigenvalue weighted by atomic mass is 16.5. The molecule has 1 saturated heterocycles. The lowest BCUT2D eigenvalue weighted by molar-refractivity contribution is 0.298. The quantitative estimate of drug-likeness (QED) is 0.465. The van der Waals surface area contributed by atoms with E-state index in [1.807, 2.05) is 0 Å². The lowest BCUT2D eigenvalue weighted by Gasteiger charge is -2.16. The lowest BCUT2D eigenvalue weighted by Crippen LogP contribution is -2.18. The highest BCUT2D eigenvalue weighted by Crippen LogP contribution is 2.33. The predicted octanol–water partition coefficient (Wildman–Crippen LogP) is 4.45. The Morgan fingerprint density at radius 3 is 2.79 bits per heavy atom. The van der Waals surface area contributed by atoms with Gasteiger partial charge in [-0.05, 0) is 48.7 Å². The Bertz CT molecular complexity index is 790. The number of nitrogens with one attached hydrogen (secondary N) is 1. The van der Waals surface area contributed by atoms with Crippen molar-refractivity contribution in [3.05, 3.63) is 46.4 Å². The van der Waals surface area contributed by atoms with Crippen molar-refractivity contribution >= 4 is 17.2 Å². The van der Waals surface area contributed by atoms with Gasteiger partial charge in [-0.1, -0.05) is 37.6 Å². The molecule has 0 radical (unpaired) electrons. The van der Waals surface area contributed by atoms with E-state index in [1.54, 1.807) is 6.07 Å². The summed E-state index contributed by atoms with van der Waals surface area (Å²) in [6.45, 7) is 6.55. The third kappa shape index (κ3) is 5.42. The second-order valence-corrected chi connectivity index (χ2v) is 7.19. The predicted molar refractivity (Wildman–Crippen MR) is 113 cm³/mol. The highest BCUT2D eigenvalue weighted by molar-refractivity contribution is 5.76. The molecule has 7 heteroatoms. The molecule has 0 bridgehead atoms. The van der Waals surface area contributed by atoms with Gasteiger partial charge in [0.05, 0.1) is 12.3 Å². The zero-order chi connectivity index (χ0) is 19.8. The van der Waals surface area contributed by atoms with E-state index in [0.29, 0.717) is 24.7 Å². The summed E-state index contributed by atoms with van der Waals surface area (Å²) in [7, 11) is 0. The van der Waals surface area contributed by atoms with Crippen molar-refractivity contribution in [3.63, 3.8) is 0 Å². The molecule has 1 aliphatic heterocycles. The molecule has 7 nitrogen and oxygen atoms in total. The van der Waals surface area contributed by atoms with Crippen LogP contribution in [0.3, 0.4) is 0 Å². The van der Waals surface area contributed by atoms with Crippen LogP contribution in [0, 0.1) is 4.91 Å². The van der Waals surface area contributed by atoms with Gasteiger partial charge in [0, 0.05) is 19.2 Å². The molecule has 3 rings (SSSR count). The molecule has 28 heavy (non-hydrogen) atoms. The molecular formula is C21H29N5O2. The number of anilines is 2. The van der Waals surface area contributed by atoms with Gasteiger partial charge in [0.2, 0.25) is 5.88 Å². The molecule has 0 amide bonds. The van der Waals surface area contributed by atoms with Crippen LogP contribution in [-0.2, 0) is 13.1 Å². The molecule has 0 saturated carbocycles. The molecule has 1 aromatic carbocycles. The van der Waals surface area contributed by atoms with Crippen LogP contribution < -0.4 is 15.8 Å². The summed E-state index contributed by atoms with van der Waals surface area (Å²) < 4.78 is 5.63. The van der Waals surface area contributed by atoms with Gasteiger partial charge in [-0.3, -0.25) is 4.90 Å². The fourth-order valence-corrected chi connectivity index (χ4v) is 3.39. The lowest BCUT2D eigenvalue weighted by atomic mass is 10.1. The summed E-state index contributed by atoms with van der Waals surface area (Å²) in [5.74, 6) is 0.484. The first kappa shape index (κ1) is 20.1. The maximum atomic E-state index is 11.2. The number of rotatable bonds is 10. The van der Waals surface area contributed by atoms with Crippen molar-refractivity contribution in [1.29, 1.82) is 0 Å². The monoisotopic (exact) mass is 383 g/mol. The van der Waals surface area contributed by atoms with Crippen molar-refractivity contribution in [1.82, 2.24) is 9.88 Å². The number of nitroso groups, excluding NO2 is 1. The first-order valence-corrected chi connectivity index (χ1v) is 10.0. The first-order valence-electron chi connectivity index (χ1n) is 10.0. The second-order valence-electron chi connectivity index (χ2n) is 7.19.